The third-order valence-corrected chi connectivity index (χ3v) is 6.44. The van der Waals surface area contributed by atoms with E-state index in [-0.39, 0.29) is 22.4 Å². The van der Waals surface area contributed by atoms with E-state index in [9.17, 15) is 13.2 Å². The van der Waals surface area contributed by atoms with Gasteiger partial charge in [-0.25, -0.2) is 13.2 Å². The first-order chi connectivity index (χ1) is 10.5. The lowest BCUT2D eigenvalue weighted by molar-refractivity contribution is 0.0602. The summed E-state index contributed by atoms with van der Waals surface area (Å²) in [6.45, 7) is 0.651. The van der Waals surface area contributed by atoms with Crippen LogP contribution in [0.4, 0.5) is 0 Å². The summed E-state index contributed by atoms with van der Waals surface area (Å²) in [5.41, 5.74) is 0. The van der Waals surface area contributed by atoms with Crippen LogP contribution in [0.3, 0.4) is 0 Å². The summed E-state index contributed by atoms with van der Waals surface area (Å²) >= 11 is 1.06. The van der Waals surface area contributed by atoms with E-state index in [4.69, 9.17) is 0 Å². The van der Waals surface area contributed by atoms with Crippen LogP contribution in [0.5, 0.6) is 0 Å². The minimum Gasteiger partial charge on any atom is -0.465 e. The third kappa shape index (κ3) is 2.53. The molecule has 1 fully saturated rings. The van der Waals surface area contributed by atoms with Crippen molar-refractivity contribution in [2.24, 2.45) is 0 Å². The molecular weight excluding hydrogens is 328 g/mol. The molecule has 2 aromatic rings. The number of methoxy groups -OCH3 is 1. The number of carbonyl (C=O) groups excluding carboxylic acids is 1. The fourth-order valence-electron chi connectivity index (χ4n) is 2.41. The number of nitrogens with zero attached hydrogens (tertiary/aromatic N) is 4. The predicted molar refractivity (Wildman–Crippen MR) is 78.1 cm³/mol. The zero-order chi connectivity index (χ0) is 15.7. The lowest BCUT2D eigenvalue weighted by Crippen LogP contribution is -2.30. The lowest BCUT2D eigenvalue weighted by atomic mass is 10.3. The van der Waals surface area contributed by atoms with Crippen LogP contribution in [-0.4, -0.2) is 53.9 Å². The second-order valence-electron chi connectivity index (χ2n) is 4.76. The first-order valence-electron chi connectivity index (χ1n) is 6.56. The Hall–Kier alpha value is -1.78. The van der Waals surface area contributed by atoms with Crippen molar-refractivity contribution in [2.75, 3.05) is 20.2 Å². The van der Waals surface area contributed by atoms with Gasteiger partial charge in [-0.1, -0.05) is 0 Å². The Morgan fingerprint density at radius 3 is 2.82 bits per heavy atom. The molecule has 22 heavy (non-hydrogen) atoms. The predicted octanol–water partition coefficient (Wildman–Crippen LogP) is 0.762. The molecule has 1 atom stereocenters. The minimum absolute atomic E-state index is 0.00146. The van der Waals surface area contributed by atoms with Crippen LogP contribution in [0, 0.1) is 0 Å². The van der Waals surface area contributed by atoms with Gasteiger partial charge in [0.25, 0.3) is 0 Å². The molecule has 1 aliphatic heterocycles. The van der Waals surface area contributed by atoms with Crippen molar-refractivity contribution < 1.29 is 17.9 Å². The van der Waals surface area contributed by atoms with E-state index < -0.39 is 16.0 Å². The first-order valence-corrected chi connectivity index (χ1v) is 8.87. The molecule has 3 heterocycles. The molecular formula is C12H14N4O4S2. The molecule has 0 N–H and O–H groups in total. The van der Waals surface area contributed by atoms with E-state index in [1.807, 2.05) is 0 Å². The Balaban J connectivity index is 1.86. The maximum absolute atomic E-state index is 12.7. The zero-order valence-electron chi connectivity index (χ0n) is 11.7. The van der Waals surface area contributed by atoms with Crippen LogP contribution >= 0.6 is 11.3 Å². The molecule has 3 rings (SSSR count). The third-order valence-electron chi connectivity index (χ3n) is 3.51. The van der Waals surface area contributed by atoms with Gasteiger partial charge in [-0.15, -0.1) is 11.3 Å². The van der Waals surface area contributed by atoms with Gasteiger partial charge in [0.2, 0.25) is 10.0 Å². The number of hydrogen-bond donors (Lipinski definition) is 0. The van der Waals surface area contributed by atoms with Crippen molar-refractivity contribution in [2.45, 2.75) is 17.4 Å². The van der Waals surface area contributed by atoms with Crippen molar-refractivity contribution in [1.29, 1.82) is 0 Å². The smallest absolute Gasteiger partial charge is 0.349 e. The Morgan fingerprint density at radius 1 is 1.41 bits per heavy atom. The van der Waals surface area contributed by atoms with Gasteiger partial charge in [0.05, 0.1) is 25.5 Å². The molecule has 0 radical (unpaired) electrons. The van der Waals surface area contributed by atoms with Crippen LogP contribution in [-0.2, 0) is 14.8 Å². The van der Waals surface area contributed by atoms with E-state index in [2.05, 4.69) is 14.9 Å². The van der Waals surface area contributed by atoms with Gasteiger partial charge in [0.15, 0.2) is 0 Å². The van der Waals surface area contributed by atoms with Gasteiger partial charge < -0.3 is 4.74 Å². The topological polar surface area (TPSA) is 94.4 Å². The van der Waals surface area contributed by atoms with Crippen LogP contribution in [0.2, 0.25) is 0 Å². The molecule has 10 heteroatoms. The summed E-state index contributed by atoms with van der Waals surface area (Å²) < 4.78 is 31.4. The molecule has 0 aliphatic carbocycles. The molecule has 0 amide bonds. The summed E-state index contributed by atoms with van der Waals surface area (Å²) in [6.07, 6.45) is 3.75. The van der Waals surface area contributed by atoms with Crippen molar-refractivity contribution in [3.8, 4) is 0 Å². The normalized spacial score (nSPS) is 19.4. The Morgan fingerprint density at radius 2 is 2.14 bits per heavy atom. The second-order valence-corrected chi connectivity index (χ2v) is 7.58. The number of hydrogen-bond acceptors (Lipinski definition) is 7. The van der Waals surface area contributed by atoms with Gasteiger partial charge >= 0.3 is 5.97 Å². The van der Waals surface area contributed by atoms with Crippen LogP contribution in [0.25, 0.3) is 0 Å². The van der Waals surface area contributed by atoms with Gasteiger partial charge in [-0.2, -0.15) is 19.3 Å². The number of ether oxygens (including phenoxy) is 1. The Bertz CT molecular complexity index is 769. The maximum atomic E-state index is 12.7. The van der Waals surface area contributed by atoms with E-state index in [1.54, 1.807) is 17.8 Å². The molecule has 0 aromatic carbocycles. The van der Waals surface area contributed by atoms with Gasteiger partial charge in [-0.05, 0) is 17.9 Å². The van der Waals surface area contributed by atoms with Crippen molar-refractivity contribution in [3.05, 3.63) is 28.7 Å². The fourth-order valence-corrected chi connectivity index (χ4v) is 5.21. The maximum Gasteiger partial charge on any atom is 0.349 e. The van der Waals surface area contributed by atoms with Crippen LogP contribution in [0.1, 0.15) is 22.1 Å². The standard InChI is InChI=1S/C12H14N4O4S2/c1-20-12(17)11-10(3-7-21-11)22(18,19)15-6-2-9(8-15)16-13-4-5-14-16/h3-5,7,9H,2,6,8H2,1H3/t9-/m1/s1. The summed E-state index contributed by atoms with van der Waals surface area (Å²) in [6, 6.07) is 1.34. The number of aromatic nitrogens is 3. The van der Waals surface area contributed by atoms with E-state index in [1.165, 1.54) is 22.3 Å². The summed E-state index contributed by atoms with van der Waals surface area (Å²) in [7, 11) is -2.50. The molecule has 1 saturated heterocycles. The van der Waals surface area contributed by atoms with Crippen molar-refractivity contribution >= 4 is 27.3 Å². The van der Waals surface area contributed by atoms with Crippen LogP contribution in [0.15, 0.2) is 28.7 Å². The lowest BCUT2D eigenvalue weighted by Gasteiger charge is -2.16. The quantitative estimate of drug-likeness (QED) is 0.762. The summed E-state index contributed by atoms with van der Waals surface area (Å²) in [4.78, 5) is 13.3. The van der Waals surface area contributed by atoms with E-state index in [0.717, 1.165) is 11.3 Å². The highest BCUT2D eigenvalue weighted by Crippen LogP contribution is 2.30. The molecule has 8 nitrogen and oxygen atoms in total. The summed E-state index contributed by atoms with van der Waals surface area (Å²) in [5, 5.41) is 9.67. The molecule has 118 valence electrons. The molecule has 0 saturated carbocycles. The highest BCUT2D eigenvalue weighted by Gasteiger charge is 2.36. The van der Waals surface area contributed by atoms with Crippen LogP contribution < -0.4 is 0 Å². The molecule has 1 aliphatic rings. The highest BCUT2D eigenvalue weighted by molar-refractivity contribution is 7.89. The number of esters is 1. The molecule has 0 unspecified atom stereocenters. The first kappa shape index (κ1) is 15.1. The number of carbonyl (C=O) groups is 1. The monoisotopic (exact) mass is 342 g/mol. The number of sulfonamides is 1. The molecule has 0 spiro atoms. The average molecular weight is 342 g/mol. The molecule has 0 bridgehead atoms. The van der Waals surface area contributed by atoms with Gasteiger partial charge in [-0.3, -0.25) is 0 Å². The second kappa shape index (κ2) is 5.78. The number of rotatable bonds is 4. The van der Waals surface area contributed by atoms with Crippen molar-refractivity contribution in [3.63, 3.8) is 0 Å². The van der Waals surface area contributed by atoms with E-state index >= 15 is 0 Å². The SMILES string of the molecule is COC(=O)c1sccc1S(=O)(=O)N1CC[C@@H](n2nccn2)C1. The number of thiophene rings is 1. The Labute approximate surface area is 131 Å². The van der Waals surface area contributed by atoms with Gasteiger partial charge in [0.1, 0.15) is 9.77 Å². The zero-order valence-corrected chi connectivity index (χ0v) is 13.4. The minimum atomic E-state index is -3.73. The fraction of sp³-hybridized carbons (Fsp3) is 0.417. The largest absolute Gasteiger partial charge is 0.465 e. The Kier molecular flexibility index (Phi) is 3.98. The molecule has 2 aromatic heterocycles. The highest BCUT2D eigenvalue weighted by atomic mass is 32.2. The average Bonchev–Trinajstić information content (AvgIpc) is 3.25. The van der Waals surface area contributed by atoms with Crippen molar-refractivity contribution in [1.82, 2.24) is 19.3 Å². The van der Waals surface area contributed by atoms with Gasteiger partial charge in [0, 0.05) is 13.1 Å². The summed E-state index contributed by atoms with van der Waals surface area (Å²) in [5.74, 6) is -0.641. The van der Waals surface area contributed by atoms with E-state index in [0.29, 0.717) is 13.0 Å².